The van der Waals surface area contributed by atoms with E-state index < -0.39 is 5.97 Å². The Morgan fingerprint density at radius 3 is 2.82 bits per heavy atom. The van der Waals surface area contributed by atoms with E-state index in [1.54, 1.807) is 0 Å². The standard InChI is InChI=1S/C8H14O3/c1-2-3-4-6-7(11-6)5-8(9)10/h6-7H,2-5H2,1H3,(H,9,10)/t6-,7-/m1/s1. The third kappa shape index (κ3) is 2.89. The van der Waals surface area contributed by atoms with Gasteiger partial charge < -0.3 is 9.84 Å². The molecule has 0 aliphatic carbocycles. The Labute approximate surface area is 66.4 Å². The molecule has 1 aliphatic heterocycles. The van der Waals surface area contributed by atoms with Crippen LogP contribution in [-0.2, 0) is 9.53 Å². The largest absolute Gasteiger partial charge is 0.481 e. The molecule has 0 saturated carbocycles. The van der Waals surface area contributed by atoms with Gasteiger partial charge in [-0.1, -0.05) is 19.8 Å². The van der Waals surface area contributed by atoms with E-state index in [1.165, 1.54) is 0 Å². The second-order valence-corrected chi connectivity index (χ2v) is 2.95. The second-order valence-electron chi connectivity index (χ2n) is 2.95. The molecule has 0 spiro atoms. The minimum Gasteiger partial charge on any atom is -0.481 e. The van der Waals surface area contributed by atoms with Crippen molar-refractivity contribution in [2.24, 2.45) is 0 Å². The van der Waals surface area contributed by atoms with E-state index in [1.807, 2.05) is 0 Å². The van der Waals surface area contributed by atoms with Crippen LogP contribution < -0.4 is 0 Å². The highest BCUT2D eigenvalue weighted by molar-refractivity contribution is 5.67. The summed E-state index contributed by atoms with van der Waals surface area (Å²) in [5, 5.41) is 8.39. The van der Waals surface area contributed by atoms with Crippen LogP contribution in [-0.4, -0.2) is 23.3 Å². The monoisotopic (exact) mass is 158 g/mol. The highest BCUT2D eigenvalue weighted by atomic mass is 16.6. The Morgan fingerprint density at radius 2 is 2.27 bits per heavy atom. The molecule has 0 aromatic carbocycles. The summed E-state index contributed by atoms with van der Waals surface area (Å²) in [4.78, 5) is 10.2. The minimum absolute atomic E-state index is 0.0130. The number of aliphatic carboxylic acids is 1. The van der Waals surface area contributed by atoms with Gasteiger partial charge >= 0.3 is 5.97 Å². The van der Waals surface area contributed by atoms with Crippen LogP contribution in [0.2, 0.25) is 0 Å². The fourth-order valence-electron chi connectivity index (χ4n) is 1.19. The number of rotatable bonds is 5. The van der Waals surface area contributed by atoms with Crippen molar-refractivity contribution in [3.63, 3.8) is 0 Å². The lowest BCUT2D eigenvalue weighted by Crippen LogP contribution is -2.02. The molecule has 0 amide bonds. The summed E-state index contributed by atoms with van der Waals surface area (Å²) in [5.41, 5.74) is 0. The van der Waals surface area contributed by atoms with Crippen molar-refractivity contribution in [1.82, 2.24) is 0 Å². The van der Waals surface area contributed by atoms with Crippen molar-refractivity contribution in [3.05, 3.63) is 0 Å². The maximum Gasteiger partial charge on any atom is 0.306 e. The number of carboxylic acids is 1. The fraction of sp³-hybridized carbons (Fsp3) is 0.875. The molecule has 0 aromatic rings. The van der Waals surface area contributed by atoms with Crippen molar-refractivity contribution in [3.8, 4) is 0 Å². The molecule has 1 N–H and O–H groups in total. The molecular weight excluding hydrogens is 144 g/mol. The van der Waals surface area contributed by atoms with E-state index >= 15 is 0 Å². The van der Waals surface area contributed by atoms with Gasteiger partial charge in [0.25, 0.3) is 0 Å². The molecule has 1 heterocycles. The van der Waals surface area contributed by atoms with Gasteiger partial charge in [-0.25, -0.2) is 0 Å². The first-order valence-corrected chi connectivity index (χ1v) is 4.11. The Morgan fingerprint density at radius 1 is 1.55 bits per heavy atom. The average molecular weight is 158 g/mol. The highest BCUT2D eigenvalue weighted by Crippen LogP contribution is 2.29. The third-order valence-corrected chi connectivity index (χ3v) is 1.91. The first-order chi connectivity index (χ1) is 5.24. The number of carboxylic acid groups (broad SMARTS) is 1. The second kappa shape index (κ2) is 3.72. The predicted octanol–water partition coefficient (Wildman–Crippen LogP) is 1.42. The smallest absolute Gasteiger partial charge is 0.306 e. The molecule has 0 unspecified atom stereocenters. The first kappa shape index (κ1) is 8.53. The first-order valence-electron chi connectivity index (χ1n) is 4.11. The van der Waals surface area contributed by atoms with Crippen LogP contribution >= 0.6 is 0 Å². The summed E-state index contributed by atoms with van der Waals surface area (Å²) in [6, 6.07) is 0. The highest BCUT2D eigenvalue weighted by Gasteiger charge is 2.39. The van der Waals surface area contributed by atoms with E-state index in [0.29, 0.717) is 0 Å². The van der Waals surface area contributed by atoms with Crippen molar-refractivity contribution >= 4 is 5.97 Å². The quantitative estimate of drug-likeness (QED) is 0.615. The third-order valence-electron chi connectivity index (χ3n) is 1.91. The topological polar surface area (TPSA) is 49.8 Å². The van der Waals surface area contributed by atoms with Gasteiger partial charge in [-0.3, -0.25) is 4.79 Å². The van der Waals surface area contributed by atoms with Gasteiger partial charge in [-0.2, -0.15) is 0 Å². The number of carbonyl (C=O) groups is 1. The van der Waals surface area contributed by atoms with Crippen molar-refractivity contribution in [1.29, 1.82) is 0 Å². The minimum atomic E-state index is -0.756. The van der Waals surface area contributed by atoms with Gasteiger partial charge in [0, 0.05) is 0 Å². The number of epoxide rings is 1. The van der Waals surface area contributed by atoms with Crippen LogP contribution in [0, 0.1) is 0 Å². The van der Waals surface area contributed by atoms with Crippen molar-refractivity contribution in [2.45, 2.75) is 44.8 Å². The van der Waals surface area contributed by atoms with Gasteiger partial charge in [0.15, 0.2) is 0 Å². The lowest BCUT2D eigenvalue weighted by Gasteiger charge is -1.90. The zero-order valence-electron chi connectivity index (χ0n) is 6.75. The van der Waals surface area contributed by atoms with Crippen LogP contribution in [0.1, 0.15) is 32.6 Å². The van der Waals surface area contributed by atoms with Crippen LogP contribution in [0.3, 0.4) is 0 Å². The van der Waals surface area contributed by atoms with Crippen molar-refractivity contribution in [2.75, 3.05) is 0 Å². The van der Waals surface area contributed by atoms with Gasteiger partial charge in [0.1, 0.15) is 0 Å². The number of hydrogen-bond acceptors (Lipinski definition) is 2. The van der Waals surface area contributed by atoms with E-state index in [4.69, 9.17) is 9.84 Å². The summed E-state index contributed by atoms with van der Waals surface area (Å²) >= 11 is 0. The number of ether oxygens (including phenoxy) is 1. The molecule has 3 heteroatoms. The van der Waals surface area contributed by atoms with Gasteiger partial charge in [-0.15, -0.1) is 0 Å². The SMILES string of the molecule is CCCC[C@H]1O[C@@H]1CC(=O)O. The Bertz CT molecular complexity index is 144. The molecule has 0 aromatic heterocycles. The zero-order chi connectivity index (χ0) is 8.27. The molecule has 0 radical (unpaired) electrons. The maximum atomic E-state index is 10.2. The molecule has 1 saturated heterocycles. The molecule has 0 bridgehead atoms. The lowest BCUT2D eigenvalue weighted by molar-refractivity contribution is -0.137. The molecule has 1 aliphatic rings. The van der Waals surface area contributed by atoms with Crippen LogP contribution in [0.5, 0.6) is 0 Å². The average Bonchev–Trinajstić information content (AvgIpc) is 2.62. The Kier molecular flexibility index (Phi) is 2.88. The molecule has 64 valence electrons. The lowest BCUT2D eigenvalue weighted by atomic mass is 10.1. The Hall–Kier alpha value is -0.570. The molecule has 1 rings (SSSR count). The van der Waals surface area contributed by atoms with Gasteiger partial charge in [-0.05, 0) is 6.42 Å². The molecule has 2 atom stereocenters. The van der Waals surface area contributed by atoms with Gasteiger partial charge in [0.2, 0.25) is 0 Å². The summed E-state index contributed by atoms with van der Waals surface area (Å²) in [6.45, 7) is 2.12. The maximum absolute atomic E-state index is 10.2. The van der Waals surface area contributed by atoms with Crippen LogP contribution in [0.4, 0.5) is 0 Å². The van der Waals surface area contributed by atoms with E-state index in [-0.39, 0.29) is 18.6 Å². The number of unbranched alkanes of at least 4 members (excludes halogenated alkanes) is 1. The van der Waals surface area contributed by atoms with E-state index in [9.17, 15) is 4.79 Å². The molecule has 1 fully saturated rings. The summed E-state index contributed by atoms with van der Waals surface area (Å²) in [7, 11) is 0. The predicted molar refractivity (Wildman–Crippen MR) is 40.4 cm³/mol. The summed E-state index contributed by atoms with van der Waals surface area (Å²) in [5.74, 6) is -0.756. The van der Waals surface area contributed by atoms with Crippen LogP contribution in [0.25, 0.3) is 0 Å². The van der Waals surface area contributed by atoms with E-state index in [0.717, 1.165) is 19.3 Å². The summed E-state index contributed by atoms with van der Waals surface area (Å²) < 4.78 is 5.15. The Balaban J connectivity index is 2.02. The summed E-state index contributed by atoms with van der Waals surface area (Å²) in [6.07, 6.45) is 3.74. The number of hydrogen-bond donors (Lipinski definition) is 1. The zero-order valence-corrected chi connectivity index (χ0v) is 6.75. The molecule has 3 nitrogen and oxygen atoms in total. The van der Waals surface area contributed by atoms with Crippen molar-refractivity contribution < 1.29 is 14.6 Å². The van der Waals surface area contributed by atoms with Gasteiger partial charge in [0.05, 0.1) is 18.6 Å². The van der Waals surface area contributed by atoms with Crippen LogP contribution in [0.15, 0.2) is 0 Å². The molecular formula is C8H14O3. The van der Waals surface area contributed by atoms with E-state index in [2.05, 4.69) is 6.92 Å². The molecule has 11 heavy (non-hydrogen) atoms. The normalized spacial score (nSPS) is 28.5. The fourth-order valence-corrected chi connectivity index (χ4v) is 1.19.